The smallest absolute Gasteiger partial charge is 0.116 e. The number of rotatable bonds is 0. The second-order valence-electron chi connectivity index (χ2n) is 0.236. The summed E-state index contributed by atoms with van der Waals surface area (Å²) >= 11 is 0. The van der Waals surface area contributed by atoms with Gasteiger partial charge in [0, 0.05) is 11.0 Å². The molecule has 0 aliphatic carbocycles. The van der Waals surface area contributed by atoms with Crippen LogP contribution in [0.15, 0.2) is 0 Å². The van der Waals surface area contributed by atoms with E-state index >= 15 is 0 Å². The van der Waals surface area contributed by atoms with Gasteiger partial charge in [0.1, 0.15) is 6.29 Å². The zero-order valence-corrected chi connectivity index (χ0v) is 3.49. The van der Waals surface area contributed by atoms with Crippen LogP contribution in [0.2, 0.25) is 0 Å². The third kappa shape index (κ3) is 116. The Hall–Kier alpha value is -0.113. The molecule has 0 atom stereocenters. The Kier molecular flexibility index (Phi) is 29.7. The lowest BCUT2D eigenvalue weighted by molar-refractivity contribution is -0.106. The normalized spacial score (nSPS) is 3.25. The van der Waals surface area contributed by atoms with E-state index in [1.54, 1.807) is 0 Å². The highest BCUT2D eigenvalue weighted by atomic mass is 28.1. The van der Waals surface area contributed by atoms with Gasteiger partial charge in [-0.05, 0) is 6.92 Å². The molecule has 0 aliphatic heterocycles. The monoisotopic (exact) mass is 72.0 g/mol. The number of carbonyl (C=O) groups is 1. The molecule has 4 heavy (non-hydrogen) atoms. The number of hydrogen-bond donors (Lipinski definition) is 0. The highest BCUT2D eigenvalue weighted by Gasteiger charge is 1.24. The van der Waals surface area contributed by atoms with Crippen LogP contribution in [-0.2, 0) is 4.79 Å². The molecule has 0 amide bonds. The maximum atomic E-state index is 8.81. The summed E-state index contributed by atoms with van der Waals surface area (Å²) in [5, 5.41) is 0. The van der Waals surface area contributed by atoms with Gasteiger partial charge < -0.3 is 4.79 Å². The van der Waals surface area contributed by atoms with E-state index in [1.165, 1.54) is 6.92 Å². The van der Waals surface area contributed by atoms with Gasteiger partial charge in [-0.25, -0.2) is 0 Å². The molecular formula is C2H4OSi. The van der Waals surface area contributed by atoms with Crippen molar-refractivity contribution in [2.45, 2.75) is 6.92 Å². The Labute approximate surface area is 30.0 Å². The molecule has 0 aromatic carbocycles. The second kappa shape index (κ2) is 13.1. The predicted octanol–water partition coefficient (Wildman–Crippen LogP) is -0.176. The van der Waals surface area contributed by atoms with Crippen molar-refractivity contribution in [3.05, 3.63) is 0 Å². The van der Waals surface area contributed by atoms with Crippen molar-refractivity contribution in [2.75, 3.05) is 0 Å². The van der Waals surface area contributed by atoms with Gasteiger partial charge in [-0.3, -0.25) is 0 Å². The van der Waals surface area contributed by atoms with Gasteiger partial charge >= 0.3 is 0 Å². The summed E-state index contributed by atoms with van der Waals surface area (Å²) in [7, 11) is 0. The first-order valence-corrected chi connectivity index (χ1v) is 0.813. The summed E-state index contributed by atoms with van der Waals surface area (Å²) in [6.07, 6.45) is 0.750. The van der Waals surface area contributed by atoms with E-state index in [1.807, 2.05) is 0 Å². The van der Waals surface area contributed by atoms with E-state index < -0.39 is 0 Å². The van der Waals surface area contributed by atoms with Crippen LogP contribution in [0.25, 0.3) is 0 Å². The Bertz CT molecular complexity index is 13.5. The van der Waals surface area contributed by atoms with E-state index in [0.29, 0.717) is 0 Å². The fourth-order valence-electron chi connectivity index (χ4n) is 0. The third-order valence-electron chi connectivity index (χ3n) is 0. The summed E-state index contributed by atoms with van der Waals surface area (Å²) < 4.78 is 0. The Morgan fingerprint density at radius 2 is 1.75 bits per heavy atom. The van der Waals surface area contributed by atoms with Crippen molar-refractivity contribution >= 4 is 17.3 Å². The van der Waals surface area contributed by atoms with Crippen LogP contribution < -0.4 is 0 Å². The van der Waals surface area contributed by atoms with Gasteiger partial charge in [-0.2, -0.15) is 0 Å². The summed E-state index contributed by atoms with van der Waals surface area (Å²) in [6.45, 7) is 1.44. The Morgan fingerprint density at radius 1 is 1.75 bits per heavy atom. The summed E-state index contributed by atoms with van der Waals surface area (Å²) in [5.74, 6) is 0. The minimum absolute atomic E-state index is 0. The highest BCUT2D eigenvalue weighted by molar-refractivity contribution is 5.75. The average Bonchev–Trinajstić information content (AvgIpc) is 0.918. The Morgan fingerprint density at radius 3 is 1.75 bits per heavy atom. The first-order chi connectivity index (χ1) is 1.41. The molecule has 0 spiro atoms. The maximum absolute atomic E-state index is 8.81. The molecule has 0 heterocycles. The van der Waals surface area contributed by atoms with Crippen LogP contribution in [-0.4, -0.2) is 17.3 Å². The summed E-state index contributed by atoms with van der Waals surface area (Å²) in [5.41, 5.74) is 0. The summed E-state index contributed by atoms with van der Waals surface area (Å²) in [4.78, 5) is 8.81. The Balaban J connectivity index is 0. The van der Waals surface area contributed by atoms with Crippen LogP contribution in [0.4, 0.5) is 0 Å². The lowest BCUT2D eigenvalue weighted by Gasteiger charge is -1.23. The van der Waals surface area contributed by atoms with E-state index in [9.17, 15) is 0 Å². The molecule has 0 rings (SSSR count). The standard InChI is InChI=1S/C2H4O.Si/c1-2-3;/h2H,1H3;. The molecule has 0 aliphatic rings. The number of carbonyl (C=O) groups excluding carboxylic acids is 1. The van der Waals surface area contributed by atoms with Crippen LogP contribution in [0.5, 0.6) is 0 Å². The lowest BCUT2D eigenvalue weighted by atomic mass is 11.0. The minimum atomic E-state index is 0. The molecule has 0 saturated heterocycles. The molecule has 0 saturated carbocycles. The van der Waals surface area contributed by atoms with Crippen LogP contribution in [0.1, 0.15) is 6.92 Å². The highest BCUT2D eigenvalue weighted by Crippen LogP contribution is 1.13. The van der Waals surface area contributed by atoms with Crippen LogP contribution >= 0.6 is 0 Å². The minimum Gasteiger partial charge on any atom is -0.304 e. The zero-order chi connectivity index (χ0) is 2.71. The van der Waals surface area contributed by atoms with Crippen LogP contribution in [0.3, 0.4) is 0 Å². The van der Waals surface area contributed by atoms with Crippen molar-refractivity contribution < 1.29 is 4.79 Å². The van der Waals surface area contributed by atoms with Gasteiger partial charge in [0.05, 0.1) is 0 Å². The van der Waals surface area contributed by atoms with Gasteiger partial charge in [-0.15, -0.1) is 0 Å². The van der Waals surface area contributed by atoms with E-state index in [-0.39, 0.29) is 11.0 Å². The second-order valence-corrected chi connectivity index (χ2v) is 0.236. The number of aldehydes is 1. The largest absolute Gasteiger partial charge is 0.304 e. The molecule has 0 unspecified atom stereocenters. The first kappa shape index (κ1) is 9.10. The van der Waals surface area contributed by atoms with Crippen LogP contribution in [0, 0.1) is 0 Å². The van der Waals surface area contributed by atoms with Gasteiger partial charge in [0.25, 0.3) is 0 Å². The first-order valence-electron chi connectivity index (χ1n) is 0.813. The quantitative estimate of drug-likeness (QED) is 0.287. The van der Waals surface area contributed by atoms with Crippen molar-refractivity contribution in [3.8, 4) is 0 Å². The molecule has 0 N–H and O–H groups in total. The molecule has 0 aromatic rings. The van der Waals surface area contributed by atoms with Crippen molar-refractivity contribution in [1.82, 2.24) is 0 Å². The van der Waals surface area contributed by atoms with Crippen molar-refractivity contribution in [3.63, 3.8) is 0 Å². The molecule has 4 radical (unpaired) electrons. The lowest BCUT2D eigenvalue weighted by Crippen LogP contribution is -1.36. The van der Waals surface area contributed by atoms with Crippen molar-refractivity contribution in [2.24, 2.45) is 0 Å². The third-order valence-corrected chi connectivity index (χ3v) is 0. The van der Waals surface area contributed by atoms with Gasteiger partial charge in [0.15, 0.2) is 0 Å². The zero-order valence-electron chi connectivity index (χ0n) is 2.49. The summed E-state index contributed by atoms with van der Waals surface area (Å²) in [6, 6.07) is 0. The SMILES string of the molecule is CC=O.[Si]. The average molecular weight is 72.1 g/mol. The molecule has 0 bridgehead atoms. The molecule has 0 aromatic heterocycles. The van der Waals surface area contributed by atoms with Crippen molar-refractivity contribution in [1.29, 1.82) is 0 Å². The molecular weight excluding hydrogens is 68.1 g/mol. The van der Waals surface area contributed by atoms with Gasteiger partial charge in [-0.1, -0.05) is 0 Å². The number of hydrogen-bond acceptors (Lipinski definition) is 1. The fourth-order valence-corrected chi connectivity index (χ4v) is 0. The molecule has 22 valence electrons. The van der Waals surface area contributed by atoms with E-state index in [4.69, 9.17) is 4.79 Å². The predicted molar refractivity (Wildman–Crippen MR) is 17.5 cm³/mol. The topological polar surface area (TPSA) is 17.1 Å². The van der Waals surface area contributed by atoms with E-state index in [0.717, 1.165) is 6.29 Å². The maximum Gasteiger partial charge on any atom is 0.116 e. The fraction of sp³-hybridized carbons (Fsp3) is 0.500. The van der Waals surface area contributed by atoms with E-state index in [2.05, 4.69) is 0 Å². The van der Waals surface area contributed by atoms with Gasteiger partial charge in [0.2, 0.25) is 0 Å². The molecule has 1 nitrogen and oxygen atoms in total. The molecule has 0 fully saturated rings. The molecule has 2 heteroatoms.